The number of carbonyl (C=O) groups excluding carboxylic acids is 1. The van der Waals surface area contributed by atoms with Crippen molar-refractivity contribution >= 4 is 28.6 Å². The van der Waals surface area contributed by atoms with Crippen LogP contribution in [0.3, 0.4) is 0 Å². The van der Waals surface area contributed by atoms with E-state index in [0.29, 0.717) is 17.2 Å². The van der Waals surface area contributed by atoms with Crippen molar-refractivity contribution < 1.29 is 9.90 Å². The first-order valence-electron chi connectivity index (χ1n) is 9.87. The molecule has 0 bridgehead atoms. The lowest BCUT2D eigenvalue weighted by atomic mass is 9.92. The zero-order valence-corrected chi connectivity index (χ0v) is 16.6. The first-order valence-corrected chi connectivity index (χ1v) is 9.87. The summed E-state index contributed by atoms with van der Waals surface area (Å²) in [6, 6.07) is 13.2. The van der Waals surface area contributed by atoms with Gasteiger partial charge in [-0.05, 0) is 56.4 Å². The molecule has 0 spiro atoms. The summed E-state index contributed by atoms with van der Waals surface area (Å²) in [4.78, 5) is 21.0. The highest BCUT2D eigenvalue weighted by Crippen LogP contribution is 2.39. The standard InChI is InChI=1S/C23H24N4O2.CH4/c1-15-12-19-20(13-18(15)24-3)27(17-10-7-11-17)22(25-19)26-21(28)14-23(2,29)16-8-5-4-6-9-16;/h4-6,8-9,12-13,17,29H,7,10-11,14H2,1-2H3,(H,25,26,28);1H4/t23-;/m0./s1. The van der Waals surface area contributed by atoms with Crippen LogP contribution in [0.25, 0.3) is 15.9 Å². The van der Waals surface area contributed by atoms with Gasteiger partial charge in [-0.25, -0.2) is 9.83 Å². The van der Waals surface area contributed by atoms with Crippen molar-refractivity contribution in [3.8, 4) is 0 Å². The van der Waals surface area contributed by atoms with E-state index in [2.05, 4.69) is 15.1 Å². The second kappa shape index (κ2) is 8.29. The Labute approximate surface area is 177 Å². The lowest BCUT2D eigenvalue weighted by molar-refractivity contribution is -0.120. The lowest BCUT2D eigenvalue weighted by Gasteiger charge is -2.29. The molecule has 1 aromatic heterocycles. The van der Waals surface area contributed by atoms with Crippen LogP contribution in [0.5, 0.6) is 0 Å². The number of imidazole rings is 1. The number of amides is 1. The molecular weight excluding hydrogens is 376 g/mol. The van der Waals surface area contributed by atoms with Crippen LogP contribution < -0.4 is 5.32 Å². The van der Waals surface area contributed by atoms with Gasteiger partial charge in [0.1, 0.15) is 0 Å². The Morgan fingerprint density at radius 2 is 2.03 bits per heavy atom. The summed E-state index contributed by atoms with van der Waals surface area (Å²) in [6.45, 7) is 10.9. The predicted octanol–water partition coefficient (Wildman–Crippen LogP) is 5.49. The summed E-state index contributed by atoms with van der Waals surface area (Å²) < 4.78 is 2.04. The second-order valence-corrected chi connectivity index (χ2v) is 7.99. The normalized spacial score (nSPS) is 15.5. The molecule has 1 fully saturated rings. The summed E-state index contributed by atoms with van der Waals surface area (Å²) in [5.74, 6) is 0.192. The summed E-state index contributed by atoms with van der Waals surface area (Å²) in [7, 11) is 0. The zero-order valence-electron chi connectivity index (χ0n) is 16.6. The molecule has 6 heteroatoms. The summed E-state index contributed by atoms with van der Waals surface area (Å²) in [5.41, 5.74) is 2.54. The van der Waals surface area contributed by atoms with Crippen LogP contribution in [-0.2, 0) is 10.4 Å². The third-order valence-electron chi connectivity index (χ3n) is 5.72. The smallest absolute Gasteiger partial charge is 0.229 e. The molecule has 0 radical (unpaired) electrons. The van der Waals surface area contributed by atoms with Gasteiger partial charge in [0.05, 0.1) is 29.6 Å². The lowest BCUT2D eigenvalue weighted by Crippen LogP contribution is -2.30. The minimum Gasteiger partial charge on any atom is -0.385 e. The SMILES string of the molecule is C.[C-]#[N+]c1cc2c(cc1C)nc(NC(=O)C[C@](C)(O)c1ccccc1)n2C1CCC1. The van der Waals surface area contributed by atoms with Crippen molar-refractivity contribution in [2.45, 2.75) is 58.6 Å². The topological polar surface area (TPSA) is 71.5 Å². The quantitative estimate of drug-likeness (QED) is 0.552. The maximum absolute atomic E-state index is 12.8. The van der Waals surface area contributed by atoms with Crippen molar-refractivity contribution in [1.82, 2.24) is 9.55 Å². The fourth-order valence-corrected chi connectivity index (χ4v) is 3.84. The van der Waals surface area contributed by atoms with E-state index in [0.717, 1.165) is 35.9 Å². The monoisotopic (exact) mass is 404 g/mol. The Morgan fingerprint density at radius 3 is 2.63 bits per heavy atom. The highest BCUT2D eigenvalue weighted by molar-refractivity contribution is 5.93. The van der Waals surface area contributed by atoms with Crippen LogP contribution in [-0.4, -0.2) is 20.6 Å². The van der Waals surface area contributed by atoms with Crippen molar-refractivity contribution in [3.05, 3.63) is 65.0 Å². The number of aromatic nitrogens is 2. The van der Waals surface area contributed by atoms with Crippen molar-refractivity contribution in [2.24, 2.45) is 0 Å². The number of aliphatic hydroxyl groups is 1. The largest absolute Gasteiger partial charge is 0.385 e. The Bertz CT molecular complexity index is 1110. The van der Waals surface area contributed by atoms with E-state index in [4.69, 9.17) is 6.57 Å². The molecular formula is C24H28N4O2. The summed E-state index contributed by atoms with van der Waals surface area (Å²) in [5, 5.41) is 13.7. The van der Waals surface area contributed by atoms with Crippen LogP contribution in [0.1, 0.15) is 57.2 Å². The molecule has 0 saturated heterocycles. The van der Waals surface area contributed by atoms with E-state index < -0.39 is 5.60 Å². The van der Waals surface area contributed by atoms with Gasteiger partial charge in [0.15, 0.2) is 5.69 Å². The Hall–Kier alpha value is -3.17. The molecule has 1 heterocycles. The molecule has 30 heavy (non-hydrogen) atoms. The molecule has 6 nitrogen and oxygen atoms in total. The van der Waals surface area contributed by atoms with Gasteiger partial charge in [-0.2, -0.15) is 0 Å². The van der Waals surface area contributed by atoms with E-state index in [9.17, 15) is 9.90 Å². The number of carbonyl (C=O) groups is 1. The van der Waals surface area contributed by atoms with Crippen LogP contribution in [0, 0.1) is 13.5 Å². The molecule has 156 valence electrons. The minimum absolute atomic E-state index is 0. The molecule has 4 rings (SSSR count). The number of rotatable bonds is 5. The first-order chi connectivity index (χ1) is 13.9. The number of aryl methyl sites for hydroxylation is 1. The van der Waals surface area contributed by atoms with Gasteiger partial charge < -0.3 is 9.67 Å². The van der Waals surface area contributed by atoms with Crippen molar-refractivity contribution in [2.75, 3.05) is 5.32 Å². The van der Waals surface area contributed by atoms with Gasteiger partial charge in [-0.3, -0.25) is 10.1 Å². The first kappa shape index (κ1) is 21.5. The van der Waals surface area contributed by atoms with Gasteiger partial charge >= 0.3 is 0 Å². The summed E-state index contributed by atoms with van der Waals surface area (Å²) >= 11 is 0. The van der Waals surface area contributed by atoms with E-state index in [1.807, 2.05) is 54.0 Å². The Morgan fingerprint density at radius 1 is 1.33 bits per heavy atom. The molecule has 2 aromatic carbocycles. The number of fused-ring (bicyclic) bond motifs is 1. The highest BCUT2D eigenvalue weighted by atomic mass is 16.3. The molecule has 1 aliphatic rings. The number of nitrogens with one attached hydrogen (secondary N) is 1. The highest BCUT2D eigenvalue weighted by Gasteiger charge is 2.29. The van der Waals surface area contributed by atoms with Crippen LogP contribution >= 0.6 is 0 Å². The van der Waals surface area contributed by atoms with Gasteiger partial charge in [0.25, 0.3) is 0 Å². The average Bonchev–Trinajstić information content (AvgIpc) is 2.96. The predicted molar refractivity (Wildman–Crippen MR) is 120 cm³/mol. The minimum atomic E-state index is -1.27. The van der Waals surface area contributed by atoms with Crippen LogP contribution in [0.2, 0.25) is 0 Å². The molecule has 0 aliphatic heterocycles. The molecule has 1 saturated carbocycles. The van der Waals surface area contributed by atoms with Gasteiger partial charge in [0.2, 0.25) is 11.9 Å². The number of nitrogens with zero attached hydrogens (tertiary/aromatic N) is 3. The fraction of sp³-hybridized carbons (Fsp3) is 0.375. The fourth-order valence-electron chi connectivity index (χ4n) is 3.84. The van der Waals surface area contributed by atoms with Crippen LogP contribution in [0.15, 0.2) is 42.5 Å². The maximum atomic E-state index is 12.8. The van der Waals surface area contributed by atoms with Crippen molar-refractivity contribution in [1.29, 1.82) is 0 Å². The molecule has 2 N–H and O–H groups in total. The number of anilines is 1. The van der Waals surface area contributed by atoms with E-state index in [1.54, 1.807) is 6.92 Å². The Balaban J connectivity index is 0.00000256. The van der Waals surface area contributed by atoms with Gasteiger partial charge in [-0.1, -0.05) is 37.8 Å². The van der Waals surface area contributed by atoms with Crippen LogP contribution in [0.4, 0.5) is 11.6 Å². The van der Waals surface area contributed by atoms with Crippen molar-refractivity contribution in [3.63, 3.8) is 0 Å². The Kier molecular flexibility index (Phi) is 5.95. The maximum Gasteiger partial charge on any atom is 0.229 e. The molecule has 1 atom stereocenters. The third kappa shape index (κ3) is 3.94. The third-order valence-corrected chi connectivity index (χ3v) is 5.72. The molecule has 1 amide bonds. The van der Waals surface area contributed by atoms with E-state index in [-0.39, 0.29) is 25.8 Å². The number of benzene rings is 2. The van der Waals surface area contributed by atoms with E-state index in [1.165, 1.54) is 0 Å². The second-order valence-electron chi connectivity index (χ2n) is 7.99. The zero-order chi connectivity index (χ0) is 20.6. The van der Waals surface area contributed by atoms with E-state index >= 15 is 0 Å². The van der Waals surface area contributed by atoms with Gasteiger partial charge in [-0.15, -0.1) is 0 Å². The average molecular weight is 405 g/mol. The summed E-state index contributed by atoms with van der Waals surface area (Å²) in [6.07, 6.45) is 3.12. The molecule has 3 aromatic rings. The molecule has 1 aliphatic carbocycles. The van der Waals surface area contributed by atoms with Gasteiger partial charge in [0, 0.05) is 6.04 Å². The number of hydrogen-bond donors (Lipinski definition) is 2. The number of hydrogen-bond acceptors (Lipinski definition) is 3. The molecule has 0 unspecified atom stereocenters.